The first-order valence-electron chi connectivity index (χ1n) is 9.86. The molecule has 1 aromatic heterocycles. The van der Waals surface area contributed by atoms with E-state index < -0.39 is 4.92 Å². The number of nitrogens with zero attached hydrogens (tertiary/aromatic N) is 4. The molecule has 0 aliphatic heterocycles. The van der Waals surface area contributed by atoms with Crippen molar-refractivity contribution in [2.45, 2.75) is 34.1 Å². The van der Waals surface area contributed by atoms with E-state index in [0.717, 1.165) is 4.47 Å². The Hall–Kier alpha value is -2.59. The summed E-state index contributed by atoms with van der Waals surface area (Å²) in [5.74, 6) is 0.644. The van der Waals surface area contributed by atoms with E-state index in [1.807, 2.05) is 33.8 Å². The van der Waals surface area contributed by atoms with E-state index in [1.165, 1.54) is 17.0 Å². The molecule has 3 rings (SSSR count). The van der Waals surface area contributed by atoms with E-state index >= 15 is 0 Å². The Labute approximate surface area is 201 Å². The van der Waals surface area contributed by atoms with Crippen LogP contribution in [0.3, 0.4) is 0 Å². The number of benzene rings is 2. The third kappa shape index (κ3) is 5.42. The van der Waals surface area contributed by atoms with Crippen LogP contribution in [0.1, 0.15) is 39.1 Å². The molecule has 1 heterocycles. The summed E-state index contributed by atoms with van der Waals surface area (Å²) in [6.45, 7) is 8.13. The van der Waals surface area contributed by atoms with Crippen LogP contribution in [0.25, 0.3) is 10.9 Å². The van der Waals surface area contributed by atoms with Crippen molar-refractivity contribution in [1.29, 1.82) is 0 Å². The molecular weight excluding hydrogens is 544 g/mol. The molecule has 0 bridgehead atoms. The monoisotopic (exact) mass is 564 g/mol. The van der Waals surface area contributed by atoms with Gasteiger partial charge < -0.3 is 4.74 Å². The number of hydrogen-bond donors (Lipinski definition) is 0. The summed E-state index contributed by atoms with van der Waals surface area (Å²) in [7, 11) is 0. The Morgan fingerprint density at radius 3 is 2.59 bits per heavy atom. The molecule has 10 heteroatoms. The van der Waals surface area contributed by atoms with Crippen LogP contribution in [-0.2, 0) is 6.42 Å². The summed E-state index contributed by atoms with van der Waals surface area (Å²) < 4.78 is 8.13. The third-order valence-electron chi connectivity index (χ3n) is 4.41. The maximum absolute atomic E-state index is 13.0. The lowest BCUT2D eigenvalue weighted by molar-refractivity contribution is -0.386. The van der Waals surface area contributed by atoms with Crippen molar-refractivity contribution in [2.24, 2.45) is 10.5 Å². The van der Waals surface area contributed by atoms with Gasteiger partial charge in [0.25, 0.3) is 5.56 Å². The van der Waals surface area contributed by atoms with Crippen molar-refractivity contribution in [1.82, 2.24) is 9.66 Å². The second kappa shape index (κ2) is 9.50. The highest BCUT2D eigenvalue weighted by atomic mass is 79.9. The van der Waals surface area contributed by atoms with Gasteiger partial charge in [-0.2, -0.15) is 9.78 Å². The number of rotatable bonds is 6. The zero-order valence-electron chi connectivity index (χ0n) is 18.1. The fourth-order valence-electron chi connectivity index (χ4n) is 2.91. The number of ether oxygens (including phenoxy) is 1. The Morgan fingerprint density at radius 1 is 1.25 bits per heavy atom. The SMILES string of the molecule is CCc1nc2ccc(Br)cc2c(=O)n1N=Cc1cc(Br)c(OCC(C)(C)C)c([N+](=O)[O-])c1. The van der Waals surface area contributed by atoms with Crippen LogP contribution in [0, 0.1) is 15.5 Å². The van der Waals surface area contributed by atoms with Crippen molar-refractivity contribution in [3.8, 4) is 5.75 Å². The molecule has 3 aromatic rings. The molecule has 8 nitrogen and oxygen atoms in total. The predicted octanol–water partition coefficient (Wildman–Crippen LogP) is 5.70. The highest BCUT2D eigenvalue weighted by molar-refractivity contribution is 9.10. The standard InChI is InChI=1S/C22H22Br2N4O4/c1-5-19-26-17-7-6-14(23)10-15(17)21(29)27(19)25-11-13-8-16(24)20(18(9-13)28(30)31)32-12-22(2,3)4/h6-11H,5,12H2,1-4H3. The molecule has 0 aliphatic rings. The summed E-state index contributed by atoms with van der Waals surface area (Å²) in [6, 6.07) is 8.32. The molecule has 2 aromatic carbocycles. The lowest BCUT2D eigenvalue weighted by Crippen LogP contribution is -2.22. The number of hydrogen-bond acceptors (Lipinski definition) is 6. The van der Waals surface area contributed by atoms with Crippen LogP contribution in [0.2, 0.25) is 0 Å². The minimum Gasteiger partial charge on any atom is -0.485 e. The van der Waals surface area contributed by atoms with Gasteiger partial charge in [-0.1, -0.05) is 43.6 Å². The average molecular weight is 566 g/mol. The van der Waals surface area contributed by atoms with Gasteiger partial charge in [0.05, 0.1) is 33.1 Å². The zero-order chi connectivity index (χ0) is 23.6. The van der Waals surface area contributed by atoms with Crippen LogP contribution in [-0.4, -0.2) is 27.4 Å². The topological polar surface area (TPSA) is 99.6 Å². The number of nitro benzene ring substituents is 1. The first kappa shape index (κ1) is 24.1. The van der Waals surface area contributed by atoms with Crippen LogP contribution in [0.15, 0.2) is 49.2 Å². The molecule has 0 radical (unpaired) electrons. The van der Waals surface area contributed by atoms with E-state index in [0.29, 0.717) is 39.8 Å². The van der Waals surface area contributed by atoms with E-state index in [1.54, 1.807) is 18.2 Å². The molecule has 0 unspecified atom stereocenters. The van der Waals surface area contributed by atoms with Crippen LogP contribution < -0.4 is 10.3 Å². The summed E-state index contributed by atoms with van der Waals surface area (Å²) in [4.78, 5) is 28.7. The Balaban J connectivity index is 2.06. The Kier molecular flexibility index (Phi) is 7.14. The number of fused-ring (bicyclic) bond motifs is 1. The maximum Gasteiger partial charge on any atom is 0.312 e. The van der Waals surface area contributed by atoms with Gasteiger partial charge in [0.15, 0.2) is 0 Å². The van der Waals surface area contributed by atoms with Gasteiger partial charge in [-0.25, -0.2) is 4.98 Å². The number of aryl methyl sites for hydroxylation is 1. The minimum absolute atomic E-state index is 0.158. The summed E-state index contributed by atoms with van der Waals surface area (Å²) in [6.07, 6.45) is 1.89. The van der Waals surface area contributed by atoms with E-state index in [9.17, 15) is 14.9 Å². The van der Waals surface area contributed by atoms with Crippen molar-refractivity contribution in [3.05, 3.63) is 71.1 Å². The molecule has 0 saturated carbocycles. The lowest BCUT2D eigenvalue weighted by Gasteiger charge is -2.19. The third-order valence-corrected chi connectivity index (χ3v) is 5.49. The van der Waals surface area contributed by atoms with Crippen molar-refractivity contribution in [3.63, 3.8) is 0 Å². The zero-order valence-corrected chi connectivity index (χ0v) is 21.2. The fraction of sp³-hybridized carbons (Fsp3) is 0.318. The van der Waals surface area contributed by atoms with Gasteiger partial charge in [0.2, 0.25) is 5.75 Å². The molecule has 0 fully saturated rings. The van der Waals surface area contributed by atoms with Gasteiger partial charge in [0, 0.05) is 22.5 Å². The highest BCUT2D eigenvalue weighted by Gasteiger charge is 2.22. The van der Waals surface area contributed by atoms with Crippen molar-refractivity contribution in [2.75, 3.05) is 6.61 Å². The molecule has 0 spiro atoms. The minimum atomic E-state index is -0.501. The Morgan fingerprint density at radius 2 is 1.97 bits per heavy atom. The fourth-order valence-corrected chi connectivity index (χ4v) is 3.85. The van der Waals surface area contributed by atoms with Gasteiger partial charge in [0.1, 0.15) is 5.82 Å². The molecule has 0 saturated heterocycles. The summed E-state index contributed by atoms with van der Waals surface area (Å²) in [5, 5.41) is 16.4. The molecular formula is C22H22Br2N4O4. The maximum atomic E-state index is 13.0. The van der Waals surface area contributed by atoms with E-state index in [2.05, 4.69) is 41.9 Å². The number of aromatic nitrogens is 2. The molecule has 0 amide bonds. The number of nitro groups is 1. The molecule has 0 aliphatic carbocycles. The number of halogens is 2. The smallest absolute Gasteiger partial charge is 0.312 e. The average Bonchev–Trinajstić information content (AvgIpc) is 2.71. The van der Waals surface area contributed by atoms with Crippen LogP contribution >= 0.6 is 31.9 Å². The summed E-state index contributed by atoms with van der Waals surface area (Å²) >= 11 is 6.73. The first-order chi connectivity index (χ1) is 15.0. The van der Waals surface area contributed by atoms with Crippen LogP contribution in [0.5, 0.6) is 5.75 Å². The molecule has 0 atom stereocenters. The van der Waals surface area contributed by atoms with Gasteiger partial charge in [-0.05, 0) is 45.6 Å². The quantitative estimate of drug-likeness (QED) is 0.217. The highest BCUT2D eigenvalue weighted by Crippen LogP contribution is 2.37. The van der Waals surface area contributed by atoms with Gasteiger partial charge in [-0.3, -0.25) is 14.9 Å². The van der Waals surface area contributed by atoms with E-state index in [4.69, 9.17) is 4.74 Å². The molecule has 168 valence electrons. The first-order valence-corrected chi connectivity index (χ1v) is 11.4. The van der Waals surface area contributed by atoms with E-state index in [-0.39, 0.29) is 22.4 Å². The predicted molar refractivity (Wildman–Crippen MR) is 132 cm³/mol. The molecule has 0 N–H and O–H groups in total. The summed E-state index contributed by atoms with van der Waals surface area (Å²) in [5.41, 5.74) is 0.357. The van der Waals surface area contributed by atoms with Gasteiger partial charge >= 0.3 is 5.69 Å². The van der Waals surface area contributed by atoms with Crippen LogP contribution in [0.4, 0.5) is 5.69 Å². The molecule has 32 heavy (non-hydrogen) atoms. The van der Waals surface area contributed by atoms with Crippen molar-refractivity contribution >= 4 is 54.7 Å². The largest absolute Gasteiger partial charge is 0.485 e. The van der Waals surface area contributed by atoms with Gasteiger partial charge in [-0.15, -0.1) is 0 Å². The second-order valence-corrected chi connectivity index (χ2v) is 10.1. The lowest BCUT2D eigenvalue weighted by atomic mass is 9.99. The Bertz CT molecular complexity index is 1280. The second-order valence-electron chi connectivity index (χ2n) is 8.36. The van der Waals surface area contributed by atoms with Crippen molar-refractivity contribution < 1.29 is 9.66 Å². The normalized spacial score (nSPS) is 11.9.